The first-order valence-corrected chi connectivity index (χ1v) is 5.25. The minimum absolute atomic E-state index is 0.162. The van der Waals surface area contributed by atoms with Crippen molar-refractivity contribution in [2.24, 2.45) is 0 Å². The molecule has 4 nitrogen and oxygen atoms in total. The van der Waals surface area contributed by atoms with Crippen molar-refractivity contribution in [3.63, 3.8) is 0 Å². The van der Waals surface area contributed by atoms with Crippen LogP contribution in [0.4, 0.5) is 5.69 Å². The van der Waals surface area contributed by atoms with Crippen LogP contribution in [0.25, 0.3) is 0 Å². The fourth-order valence-corrected chi connectivity index (χ4v) is 1.67. The quantitative estimate of drug-likeness (QED) is 0.634. The molecule has 0 unspecified atom stereocenters. The van der Waals surface area contributed by atoms with Crippen LogP contribution in [0.5, 0.6) is 0 Å². The predicted molar refractivity (Wildman–Crippen MR) is 64.4 cm³/mol. The topological polar surface area (TPSA) is 58.4 Å². The van der Waals surface area contributed by atoms with Crippen molar-refractivity contribution in [2.75, 3.05) is 19.8 Å². The van der Waals surface area contributed by atoms with E-state index in [1.165, 1.54) is 0 Å². The zero-order valence-electron chi connectivity index (χ0n) is 8.97. The number of hydrazine groups is 1. The average Bonchev–Trinajstić information content (AvgIpc) is 2.09. The first kappa shape index (κ1) is 12.0. The number of amides is 1. The first-order chi connectivity index (χ1) is 6.91. The highest BCUT2D eigenvalue weighted by Crippen LogP contribution is 2.22. The number of carbonyl (C=O) groups is 1. The predicted octanol–water partition coefficient (Wildman–Crippen LogP) is 1.55. The van der Waals surface area contributed by atoms with Gasteiger partial charge in [0.1, 0.15) is 0 Å². The molecule has 1 rings (SSSR count). The second-order valence-electron chi connectivity index (χ2n) is 3.50. The van der Waals surface area contributed by atoms with Gasteiger partial charge in [-0.3, -0.25) is 10.2 Å². The van der Waals surface area contributed by atoms with Gasteiger partial charge in [0.15, 0.2) is 0 Å². The highest BCUT2D eigenvalue weighted by atomic mass is 79.9. The number of benzene rings is 1. The van der Waals surface area contributed by atoms with Crippen LogP contribution in [-0.2, 0) is 0 Å². The van der Waals surface area contributed by atoms with Gasteiger partial charge in [-0.05, 0) is 24.6 Å². The fraction of sp³-hybridized carbons (Fsp3) is 0.300. The molecule has 3 N–H and O–H groups in total. The van der Waals surface area contributed by atoms with Crippen molar-refractivity contribution in [1.82, 2.24) is 10.4 Å². The maximum Gasteiger partial charge on any atom is 0.265 e. The van der Waals surface area contributed by atoms with Crippen molar-refractivity contribution >= 4 is 27.5 Å². The van der Waals surface area contributed by atoms with Crippen molar-refractivity contribution in [3.05, 3.63) is 27.7 Å². The Balaban J connectivity index is 3.08. The Morgan fingerprint density at radius 2 is 2.07 bits per heavy atom. The van der Waals surface area contributed by atoms with Crippen LogP contribution in [0.15, 0.2) is 16.6 Å². The number of nitrogen functional groups attached to an aromatic ring is 1. The monoisotopic (exact) mass is 271 g/mol. The molecule has 0 bridgehead atoms. The van der Waals surface area contributed by atoms with E-state index in [0.29, 0.717) is 11.3 Å². The van der Waals surface area contributed by atoms with Crippen molar-refractivity contribution in [2.45, 2.75) is 6.92 Å². The maximum absolute atomic E-state index is 11.8. The normalized spacial score (nSPS) is 10.5. The van der Waals surface area contributed by atoms with E-state index >= 15 is 0 Å². The summed E-state index contributed by atoms with van der Waals surface area (Å²) in [5, 5.41) is 1.60. The van der Waals surface area contributed by atoms with Gasteiger partial charge < -0.3 is 5.73 Å². The molecule has 0 radical (unpaired) electrons. The molecule has 0 aliphatic rings. The Kier molecular flexibility index (Phi) is 3.71. The Morgan fingerprint density at radius 3 is 2.60 bits per heavy atom. The number of nitrogens with one attached hydrogen (secondary N) is 1. The minimum atomic E-state index is -0.162. The van der Waals surface area contributed by atoms with E-state index in [1.807, 2.05) is 6.92 Å². The summed E-state index contributed by atoms with van der Waals surface area (Å²) in [6.07, 6.45) is 0. The van der Waals surface area contributed by atoms with Gasteiger partial charge in [0.05, 0.1) is 0 Å². The molecule has 0 saturated heterocycles. The molecule has 1 amide bonds. The van der Waals surface area contributed by atoms with Crippen molar-refractivity contribution in [3.8, 4) is 0 Å². The lowest BCUT2D eigenvalue weighted by Gasteiger charge is -2.14. The highest BCUT2D eigenvalue weighted by molar-refractivity contribution is 9.10. The van der Waals surface area contributed by atoms with E-state index < -0.39 is 0 Å². The van der Waals surface area contributed by atoms with E-state index in [1.54, 1.807) is 31.2 Å². The molecule has 15 heavy (non-hydrogen) atoms. The van der Waals surface area contributed by atoms with E-state index in [0.717, 1.165) is 10.0 Å². The third-order valence-corrected chi connectivity index (χ3v) is 2.44. The maximum atomic E-state index is 11.8. The number of hydrogen-bond donors (Lipinski definition) is 2. The van der Waals surface area contributed by atoms with Crippen molar-refractivity contribution in [1.29, 1.82) is 0 Å². The second-order valence-corrected chi connectivity index (χ2v) is 4.42. The van der Waals surface area contributed by atoms with E-state index in [4.69, 9.17) is 5.73 Å². The fourth-order valence-electron chi connectivity index (χ4n) is 1.20. The minimum Gasteiger partial charge on any atom is -0.398 e. The zero-order valence-corrected chi connectivity index (χ0v) is 10.6. The summed E-state index contributed by atoms with van der Waals surface area (Å²) in [5.74, 6) is -0.162. The van der Waals surface area contributed by atoms with E-state index in [2.05, 4.69) is 21.4 Å². The molecule has 0 aliphatic heterocycles. The third kappa shape index (κ3) is 2.94. The first-order valence-electron chi connectivity index (χ1n) is 4.45. The van der Waals surface area contributed by atoms with Crippen LogP contribution in [-0.4, -0.2) is 25.0 Å². The van der Waals surface area contributed by atoms with Gasteiger partial charge in [-0.25, -0.2) is 5.01 Å². The lowest BCUT2D eigenvalue weighted by Crippen LogP contribution is -2.36. The summed E-state index contributed by atoms with van der Waals surface area (Å²) in [7, 11) is 3.52. The number of rotatable bonds is 2. The summed E-state index contributed by atoms with van der Waals surface area (Å²) in [4.78, 5) is 11.8. The Bertz CT molecular complexity index is 390. The number of anilines is 1. The molecule has 1 aromatic carbocycles. The standard InChI is InChI=1S/C10H14BrN3O/c1-6-8(10(15)13-14(2)3)4-7(11)5-9(6)12/h4-5H,12H2,1-3H3,(H,13,15). The number of hydrogen-bond acceptors (Lipinski definition) is 3. The van der Waals surface area contributed by atoms with Crippen LogP contribution in [0.1, 0.15) is 15.9 Å². The molecule has 0 aromatic heterocycles. The summed E-state index contributed by atoms with van der Waals surface area (Å²) >= 11 is 3.31. The van der Waals surface area contributed by atoms with Crippen LogP contribution < -0.4 is 11.2 Å². The number of nitrogens with zero attached hydrogens (tertiary/aromatic N) is 1. The summed E-state index contributed by atoms with van der Waals surface area (Å²) in [6, 6.07) is 3.53. The average molecular weight is 272 g/mol. The summed E-state index contributed by atoms with van der Waals surface area (Å²) in [6.45, 7) is 1.83. The van der Waals surface area contributed by atoms with Crippen LogP contribution in [0.3, 0.4) is 0 Å². The van der Waals surface area contributed by atoms with Gasteiger partial charge >= 0.3 is 0 Å². The van der Waals surface area contributed by atoms with Crippen LogP contribution >= 0.6 is 15.9 Å². The third-order valence-electron chi connectivity index (χ3n) is 1.98. The largest absolute Gasteiger partial charge is 0.398 e. The van der Waals surface area contributed by atoms with Gasteiger partial charge in [0.2, 0.25) is 0 Å². The smallest absolute Gasteiger partial charge is 0.265 e. The molecule has 0 atom stereocenters. The van der Waals surface area contributed by atoms with Crippen LogP contribution in [0.2, 0.25) is 0 Å². The molecule has 0 spiro atoms. The molecule has 0 heterocycles. The van der Waals surface area contributed by atoms with Gasteiger partial charge in [-0.15, -0.1) is 0 Å². The van der Waals surface area contributed by atoms with Gasteiger partial charge in [-0.2, -0.15) is 0 Å². The number of nitrogens with two attached hydrogens (primary N) is 1. The second kappa shape index (κ2) is 4.63. The number of halogens is 1. The summed E-state index contributed by atoms with van der Waals surface area (Å²) in [5.41, 5.74) is 10.4. The van der Waals surface area contributed by atoms with Crippen molar-refractivity contribution < 1.29 is 4.79 Å². The molecule has 1 aromatic rings. The van der Waals surface area contributed by atoms with Gasteiger partial charge in [0.25, 0.3) is 5.91 Å². The van der Waals surface area contributed by atoms with Gasteiger partial charge in [0, 0.05) is 29.8 Å². The molecule has 0 fully saturated rings. The van der Waals surface area contributed by atoms with E-state index in [9.17, 15) is 4.79 Å². The van der Waals surface area contributed by atoms with E-state index in [-0.39, 0.29) is 5.91 Å². The van der Waals surface area contributed by atoms with Gasteiger partial charge in [-0.1, -0.05) is 15.9 Å². The Hall–Kier alpha value is -1.07. The van der Waals surface area contributed by atoms with Crippen LogP contribution in [0, 0.1) is 6.92 Å². The Morgan fingerprint density at radius 1 is 1.47 bits per heavy atom. The molecule has 82 valence electrons. The Labute approximate surface area is 97.5 Å². The zero-order chi connectivity index (χ0) is 11.6. The molecular weight excluding hydrogens is 258 g/mol. The lowest BCUT2D eigenvalue weighted by molar-refractivity contribution is 0.0856. The molecule has 0 aliphatic carbocycles. The SMILES string of the molecule is Cc1c(N)cc(Br)cc1C(=O)NN(C)C. The molecular formula is C10H14BrN3O. The molecule has 5 heteroatoms. The summed E-state index contributed by atoms with van der Waals surface area (Å²) < 4.78 is 0.800. The molecule has 0 saturated carbocycles. The highest BCUT2D eigenvalue weighted by Gasteiger charge is 2.12. The number of carbonyl (C=O) groups excluding carboxylic acids is 1. The lowest BCUT2D eigenvalue weighted by atomic mass is 10.1.